The topological polar surface area (TPSA) is 82.1 Å². The van der Waals surface area contributed by atoms with Crippen LogP contribution in [0.15, 0.2) is 35.8 Å². The van der Waals surface area contributed by atoms with Gasteiger partial charge in [0.05, 0.1) is 18.1 Å². The third-order valence-electron chi connectivity index (χ3n) is 3.39. The summed E-state index contributed by atoms with van der Waals surface area (Å²) in [5, 5.41) is -0.504. The summed E-state index contributed by atoms with van der Waals surface area (Å²) in [6.07, 6.45) is 3.21. The second kappa shape index (κ2) is 9.82. The van der Waals surface area contributed by atoms with Crippen LogP contribution in [0.3, 0.4) is 0 Å². The number of benzene rings is 1. The first-order valence-corrected chi connectivity index (χ1v) is 9.23. The average molecular weight is 391 g/mol. The van der Waals surface area contributed by atoms with E-state index in [0.717, 1.165) is 16.7 Å². The van der Waals surface area contributed by atoms with Gasteiger partial charge in [-0.25, -0.2) is 0 Å². The lowest BCUT2D eigenvalue weighted by Crippen LogP contribution is -2.34. The predicted octanol–water partition coefficient (Wildman–Crippen LogP) is 3.25. The number of rotatable bonds is 9. The lowest BCUT2D eigenvalue weighted by Gasteiger charge is -2.12. The Labute approximate surface area is 161 Å². The van der Waals surface area contributed by atoms with Crippen molar-refractivity contribution in [1.82, 2.24) is 4.90 Å². The van der Waals surface area contributed by atoms with Crippen molar-refractivity contribution in [2.24, 2.45) is 0 Å². The van der Waals surface area contributed by atoms with Gasteiger partial charge in [0.1, 0.15) is 13.2 Å². The Bertz CT molecular complexity index is 773. The fraction of sp³-hybridized carbons (Fsp3) is 0.316. The van der Waals surface area contributed by atoms with Crippen LogP contribution in [0.5, 0.6) is 11.5 Å². The molecule has 0 spiro atoms. The zero-order valence-corrected chi connectivity index (χ0v) is 16.0. The van der Waals surface area contributed by atoms with E-state index in [9.17, 15) is 14.4 Å². The van der Waals surface area contributed by atoms with Crippen molar-refractivity contribution in [2.45, 2.75) is 13.8 Å². The van der Waals surface area contributed by atoms with Gasteiger partial charge >= 0.3 is 5.97 Å². The van der Waals surface area contributed by atoms with Crippen molar-refractivity contribution in [3.8, 4) is 11.5 Å². The van der Waals surface area contributed by atoms with Crippen LogP contribution >= 0.6 is 11.8 Å². The molecule has 27 heavy (non-hydrogen) atoms. The molecule has 0 radical (unpaired) electrons. The zero-order valence-electron chi connectivity index (χ0n) is 15.2. The lowest BCUT2D eigenvalue weighted by atomic mass is 10.2. The Morgan fingerprint density at radius 2 is 1.96 bits per heavy atom. The highest BCUT2D eigenvalue weighted by molar-refractivity contribution is 8.18. The number of hydrogen-bond donors (Lipinski definition) is 0. The Hall–Kier alpha value is -2.74. The van der Waals surface area contributed by atoms with Crippen LogP contribution in [0.2, 0.25) is 0 Å². The molecule has 1 aliphatic heterocycles. The van der Waals surface area contributed by atoms with E-state index < -0.39 is 23.7 Å². The van der Waals surface area contributed by atoms with Gasteiger partial charge in [0.15, 0.2) is 11.5 Å². The number of imide groups is 1. The van der Waals surface area contributed by atoms with Crippen molar-refractivity contribution in [1.29, 1.82) is 0 Å². The molecule has 0 aromatic heterocycles. The molecule has 0 saturated carbocycles. The molecule has 2 rings (SSSR count). The third-order valence-corrected chi connectivity index (χ3v) is 4.30. The maximum atomic E-state index is 12.4. The van der Waals surface area contributed by atoms with Gasteiger partial charge in [0.2, 0.25) is 0 Å². The predicted molar refractivity (Wildman–Crippen MR) is 103 cm³/mol. The molecule has 0 unspecified atom stereocenters. The van der Waals surface area contributed by atoms with Crippen LogP contribution < -0.4 is 9.47 Å². The van der Waals surface area contributed by atoms with Crippen molar-refractivity contribution in [3.63, 3.8) is 0 Å². The molecule has 1 aromatic carbocycles. The quantitative estimate of drug-likeness (QED) is 0.363. The van der Waals surface area contributed by atoms with Crippen molar-refractivity contribution < 1.29 is 28.6 Å². The second-order valence-corrected chi connectivity index (χ2v) is 6.30. The molecule has 1 aromatic rings. The number of esters is 1. The van der Waals surface area contributed by atoms with Gasteiger partial charge in [0, 0.05) is 0 Å². The summed E-state index contributed by atoms with van der Waals surface area (Å²) >= 11 is 0.779. The first-order chi connectivity index (χ1) is 13.0. The van der Waals surface area contributed by atoms with E-state index in [0.29, 0.717) is 30.3 Å². The summed E-state index contributed by atoms with van der Waals surface area (Å²) in [5.74, 6) is -0.0606. The van der Waals surface area contributed by atoms with E-state index in [-0.39, 0.29) is 11.5 Å². The van der Waals surface area contributed by atoms with E-state index in [4.69, 9.17) is 14.2 Å². The molecule has 0 N–H and O–H groups in total. The van der Waals surface area contributed by atoms with Crippen molar-refractivity contribution >= 4 is 35.0 Å². The maximum Gasteiger partial charge on any atom is 0.326 e. The molecule has 1 heterocycles. The first kappa shape index (κ1) is 20.6. The number of thioether (sulfide) groups is 1. The molecule has 1 fully saturated rings. The second-order valence-electron chi connectivity index (χ2n) is 5.31. The fourth-order valence-corrected chi connectivity index (χ4v) is 3.11. The number of hydrogen-bond acceptors (Lipinski definition) is 7. The number of amides is 2. The van der Waals surface area contributed by atoms with Crippen LogP contribution in [-0.4, -0.2) is 48.4 Å². The largest absolute Gasteiger partial charge is 0.490 e. The summed E-state index contributed by atoms with van der Waals surface area (Å²) in [6.45, 7) is 7.69. The minimum Gasteiger partial charge on any atom is -0.490 e. The molecule has 0 atom stereocenters. The minimum absolute atomic E-state index is 0.186. The van der Waals surface area contributed by atoms with Crippen molar-refractivity contribution in [2.75, 3.05) is 26.4 Å². The van der Waals surface area contributed by atoms with Crippen LogP contribution in [0, 0.1) is 0 Å². The highest BCUT2D eigenvalue weighted by Crippen LogP contribution is 2.34. The highest BCUT2D eigenvalue weighted by atomic mass is 32.2. The van der Waals surface area contributed by atoms with Gasteiger partial charge in [-0.3, -0.25) is 19.3 Å². The van der Waals surface area contributed by atoms with Gasteiger partial charge in [-0.05, 0) is 49.4 Å². The van der Waals surface area contributed by atoms with Gasteiger partial charge in [-0.2, -0.15) is 0 Å². The zero-order chi connectivity index (χ0) is 19.8. The lowest BCUT2D eigenvalue weighted by molar-refractivity contribution is -0.145. The van der Waals surface area contributed by atoms with Gasteiger partial charge in [-0.15, -0.1) is 0 Å². The van der Waals surface area contributed by atoms with Crippen LogP contribution in [0.25, 0.3) is 6.08 Å². The average Bonchev–Trinajstić information content (AvgIpc) is 2.89. The molecule has 1 saturated heterocycles. The Morgan fingerprint density at radius 1 is 1.19 bits per heavy atom. The van der Waals surface area contributed by atoms with E-state index >= 15 is 0 Å². The van der Waals surface area contributed by atoms with Crippen LogP contribution in [0.4, 0.5) is 4.79 Å². The third kappa shape index (κ3) is 5.37. The van der Waals surface area contributed by atoms with Crippen LogP contribution in [-0.2, 0) is 14.3 Å². The molecule has 0 aliphatic carbocycles. The smallest absolute Gasteiger partial charge is 0.326 e. The van der Waals surface area contributed by atoms with E-state index in [1.54, 1.807) is 37.3 Å². The van der Waals surface area contributed by atoms with E-state index in [1.165, 1.54) is 0 Å². The molecule has 1 aliphatic rings. The highest BCUT2D eigenvalue weighted by Gasteiger charge is 2.36. The summed E-state index contributed by atoms with van der Waals surface area (Å²) in [4.78, 5) is 37.1. The first-order valence-electron chi connectivity index (χ1n) is 8.41. The molecular formula is C19H21NO6S. The molecule has 8 heteroatoms. The SMILES string of the molecule is C=CCOc1ccc(/C=C2/SC(=O)N(CC(=O)OCC)C2=O)cc1OCC. The molecule has 2 amide bonds. The molecular weight excluding hydrogens is 370 g/mol. The molecule has 144 valence electrons. The summed E-state index contributed by atoms with van der Waals surface area (Å²) in [7, 11) is 0. The number of carbonyl (C=O) groups excluding carboxylic acids is 3. The fourth-order valence-electron chi connectivity index (χ4n) is 2.27. The summed E-state index contributed by atoms with van der Waals surface area (Å²) < 4.78 is 15.9. The molecule has 7 nitrogen and oxygen atoms in total. The minimum atomic E-state index is -0.622. The number of carbonyl (C=O) groups is 3. The normalized spacial score (nSPS) is 15.2. The van der Waals surface area contributed by atoms with E-state index in [1.807, 2.05) is 6.92 Å². The Balaban J connectivity index is 2.21. The Kier molecular flexibility index (Phi) is 7.48. The maximum absolute atomic E-state index is 12.4. The van der Waals surface area contributed by atoms with Gasteiger partial charge in [-0.1, -0.05) is 18.7 Å². The van der Waals surface area contributed by atoms with Crippen LogP contribution in [0.1, 0.15) is 19.4 Å². The number of nitrogens with zero attached hydrogens (tertiary/aromatic N) is 1. The summed E-state index contributed by atoms with van der Waals surface area (Å²) in [6, 6.07) is 5.20. The van der Waals surface area contributed by atoms with E-state index in [2.05, 4.69) is 6.58 Å². The summed E-state index contributed by atoms with van der Waals surface area (Å²) in [5.41, 5.74) is 0.672. The Morgan fingerprint density at radius 3 is 2.63 bits per heavy atom. The van der Waals surface area contributed by atoms with Gasteiger partial charge in [0.25, 0.3) is 11.1 Å². The van der Waals surface area contributed by atoms with Crippen molar-refractivity contribution in [3.05, 3.63) is 41.3 Å². The van der Waals surface area contributed by atoms with Gasteiger partial charge < -0.3 is 14.2 Å². The standard InChI is InChI=1S/C19H21NO6S/c1-4-9-26-14-8-7-13(10-15(14)24-5-2)11-16-18(22)20(19(23)27-16)12-17(21)25-6-3/h4,7-8,10-11H,1,5-6,9,12H2,2-3H3/b16-11+. The molecule has 0 bridgehead atoms. The monoisotopic (exact) mass is 391 g/mol. The number of ether oxygens (including phenoxy) is 3.